The number of benzene rings is 2. The molecule has 24 heavy (non-hydrogen) atoms. The number of anilines is 2. The summed E-state index contributed by atoms with van der Waals surface area (Å²) < 4.78 is 0. The standard InChI is InChI=1S/C20H22N2O2/c1-4-5-12-18(23)21-17-11-7-10-16(13-17)20(24)22-19-14(2)8-6-9-15(19)3/h4-11,13H,12H2,1-3H3,(H,21,23)(H,22,24)/b5-4+. The molecule has 2 N–H and O–H groups in total. The third-order valence-electron chi connectivity index (χ3n) is 3.67. The van der Waals surface area contributed by atoms with E-state index in [1.165, 1.54) is 0 Å². The average Bonchev–Trinajstić information content (AvgIpc) is 2.56. The summed E-state index contributed by atoms with van der Waals surface area (Å²) in [5, 5.41) is 5.74. The Balaban J connectivity index is 2.13. The second-order valence-corrected chi connectivity index (χ2v) is 5.62. The lowest BCUT2D eigenvalue weighted by Gasteiger charge is -2.12. The van der Waals surface area contributed by atoms with Crippen LogP contribution in [-0.2, 0) is 4.79 Å². The van der Waals surface area contributed by atoms with Crippen LogP contribution in [0.4, 0.5) is 11.4 Å². The maximum absolute atomic E-state index is 12.5. The zero-order chi connectivity index (χ0) is 17.5. The fourth-order valence-electron chi connectivity index (χ4n) is 2.37. The molecular weight excluding hydrogens is 300 g/mol. The predicted molar refractivity (Wildman–Crippen MR) is 98.4 cm³/mol. The van der Waals surface area contributed by atoms with Crippen LogP contribution in [0.25, 0.3) is 0 Å². The first-order valence-corrected chi connectivity index (χ1v) is 7.90. The van der Waals surface area contributed by atoms with Crippen LogP contribution in [0.5, 0.6) is 0 Å². The predicted octanol–water partition coefficient (Wildman–Crippen LogP) is 4.46. The molecule has 0 fully saturated rings. The molecule has 0 spiro atoms. The zero-order valence-corrected chi connectivity index (χ0v) is 14.2. The normalized spacial score (nSPS) is 10.6. The molecule has 0 bridgehead atoms. The number of carbonyl (C=O) groups is 2. The number of para-hydroxylation sites is 1. The smallest absolute Gasteiger partial charge is 0.255 e. The van der Waals surface area contributed by atoms with Crippen LogP contribution in [-0.4, -0.2) is 11.8 Å². The van der Waals surface area contributed by atoms with Gasteiger partial charge in [-0.05, 0) is 50.1 Å². The van der Waals surface area contributed by atoms with Crippen molar-refractivity contribution in [3.8, 4) is 0 Å². The van der Waals surface area contributed by atoms with Gasteiger partial charge in [0.05, 0.1) is 0 Å². The second kappa shape index (κ2) is 8.11. The molecule has 4 heteroatoms. The molecule has 0 saturated carbocycles. The van der Waals surface area contributed by atoms with Crippen molar-refractivity contribution in [3.05, 3.63) is 71.3 Å². The summed E-state index contributed by atoms with van der Waals surface area (Å²) in [6.07, 6.45) is 3.93. The van der Waals surface area contributed by atoms with Gasteiger partial charge in [-0.15, -0.1) is 0 Å². The molecule has 0 saturated heterocycles. The molecule has 0 aliphatic rings. The molecule has 2 rings (SSSR count). The molecule has 2 aromatic carbocycles. The van der Waals surface area contributed by atoms with Crippen molar-refractivity contribution in [1.29, 1.82) is 0 Å². The van der Waals surface area contributed by atoms with E-state index in [0.717, 1.165) is 16.8 Å². The lowest BCUT2D eigenvalue weighted by Crippen LogP contribution is -2.15. The number of allylic oxidation sites excluding steroid dienone is 1. The Morgan fingerprint density at radius 3 is 2.33 bits per heavy atom. The first-order chi connectivity index (χ1) is 11.5. The summed E-state index contributed by atoms with van der Waals surface area (Å²) in [6, 6.07) is 12.8. The van der Waals surface area contributed by atoms with E-state index < -0.39 is 0 Å². The Hall–Kier alpha value is -2.88. The highest BCUT2D eigenvalue weighted by atomic mass is 16.2. The van der Waals surface area contributed by atoms with Crippen LogP contribution in [0, 0.1) is 13.8 Å². The fourth-order valence-corrected chi connectivity index (χ4v) is 2.37. The third-order valence-corrected chi connectivity index (χ3v) is 3.67. The highest BCUT2D eigenvalue weighted by Crippen LogP contribution is 2.21. The van der Waals surface area contributed by atoms with Crippen molar-refractivity contribution >= 4 is 23.2 Å². The summed E-state index contributed by atoms with van der Waals surface area (Å²) >= 11 is 0. The Kier molecular flexibility index (Phi) is 5.90. The summed E-state index contributed by atoms with van der Waals surface area (Å²) in [5.74, 6) is -0.308. The SMILES string of the molecule is C/C=C/CC(=O)Nc1cccc(C(=O)Nc2c(C)cccc2C)c1. The molecule has 0 aromatic heterocycles. The van der Waals surface area contributed by atoms with Crippen LogP contribution >= 0.6 is 0 Å². The number of rotatable bonds is 5. The molecule has 0 atom stereocenters. The minimum atomic E-state index is -0.197. The van der Waals surface area contributed by atoms with Crippen molar-refractivity contribution in [2.75, 3.05) is 10.6 Å². The van der Waals surface area contributed by atoms with E-state index in [2.05, 4.69) is 10.6 Å². The van der Waals surface area contributed by atoms with Crippen LogP contribution in [0.3, 0.4) is 0 Å². The topological polar surface area (TPSA) is 58.2 Å². The van der Waals surface area contributed by atoms with Crippen molar-refractivity contribution < 1.29 is 9.59 Å². The van der Waals surface area contributed by atoms with Gasteiger partial charge in [0.2, 0.25) is 5.91 Å². The first-order valence-electron chi connectivity index (χ1n) is 7.90. The molecular formula is C20H22N2O2. The Bertz CT molecular complexity index is 759. The molecule has 124 valence electrons. The van der Waals surface area contributed by atoms with Crippen molar-refractivity contribution in [3.63, 3.8) is 0 Å². The van der Waals surface area contributed by atoms with Gasteiger partial charge in [0, 0.05) is 23.4 Å². The molecule has 2 amide bonds. The molecule has 0 heterocycles. The third kappa shape index (κ3) is 4.56. The van der Waals surface area contributed by atoms with Crippen molar-refractivity contribution in [2.24, 2.45) is 0 Å². The van der Waals surface area contributed by atoms with E-state index in [1.807, 2.05) is 45.0 Å². The van der Waals surface area contributed by atoms with E-state index in [9.17, 15) is 9.59 Å². The number of aryl methyl sites for hydroxylation is 2. The van der Waals surface area contributed by atoms with Crippen molar-refractivity contribution in [1.82, 2.24) is 0 Å². The quantitative estimate of drug-likeness (QED) is 0.798. The zero-order valence-electron chi connectivity index (χ0n) is 14.2. The fraction of sp³-hybridized carbons (Fsp3) is 0.200. The maximum Gasteiger partial charge on any atom is 0.255 e. The van der Waals surface area contributed by atoms with Gasteiger partial charge in [-0.3, -0.25) is 9.59 Å². The Morgan fingerprint density at radius 2 is 1.67 bits per heavy atom. The van der Waals surface area contributed by atoms with Crippen LogP contribution in [0.1, 0.15) is 34.8 Å². The number of carbonyl (C=O) groups excluding carboxylic acids is 2. The summed E-state index contributed by atoms with van der Waals surface area (Å²) in [7, 11) is 0. The van der Waals surface area contributed by atoms with E-state index in [0.29, 0.717) is 17.7 Å². The van der Waals surface area contributed by atoms with Gasteiger partial charge in [-0.2, -0.15) is 0 Å². The Morgan fingerprint density at radius 1 is 1.00 bits per heavy atom. The highest BCUT2D eigenvalue weighted by Gasteiger charge is 2.10. The number of amides is 2. The summed E-state index contributed by atoms with van der Waals surface area (Å²) in [6.45, 7) is 5.78. The van der Waals surface area contributed by atoms with Crippen LogP contribution in [0.15, 0.2) is 54.6 Å². The van der Waals surface area contributed by atoms with Gasteiger partial charge >= 0.3 is 0 Å². The van der Waals surface area contributed by atoms with Gasteiger partial charge in [0.25, 0.3) is 5.91 Å². The minimum absolute atomic E-state index is 0.111. The second-order valence-electron chi connectivity index (χ2n) is 5.62. The first kappa shape index (κ1) is 17.5. The maximum atomic E-state index is 12.5. The van der Waals surface area contributed by atoms with Crippen LogP contribution < -0.4 is 10.6 Å². The van der Waals surface area contributed by atoms with Gasteiger partial charge < -0.3 is 10.6 Å². The van der Waals surface area contributed by atoms with Crippen molar-refractivity contribution in [2.45, 2.75) is 27.2 Å². The molecule has 0 radical (unpaired) electrons. The minimum Gasteiger partial charge on any atom is -0.326 e. The van der Waals surface area contributed by atoms with Gasteiger partial charge in [0.15, 0.2) is 0 Å². The number of hydrogen-bond acceptors (Lipinski definition) is 2. The van der Waals surface area contributed by atoms with Gasteiger partial charge in [0.1, 0.15) is 0 Å². The summed E-state index contributed by atoms with van der Waals surface area (Å²) in [4.78, 5) is 24.3. The molecule has 0 aliphatic heterocycles. The van der Waals surface area contributed by atoms with E-state index in [4.69, 9.17) is 0 Å². The summed E-state index contributed by atoms with van der Waals surface area (Å²) in [5.41, 5.74) is 3.96. The lowest BCUT2D eigenvalue weighted by atomic mass is 10.1. The Labute approximate surface area is 142 Å². The van der Waals surface area contributed by atoms with E-state index in [-0.39, 0.29) is 11.8 Å². The lowest BCUT2D eigenvalue weighted by molar-refractivity contribution is -0.115. The number of hydrogen-bond donors (Lipinski definition) is 2. The molecule has 4 nitrogen and oxygen atoms in total. The number of nitrogens with one attached hydrogen (secondary N) is 2. The van der Waals surface area contributed by atoms with Crippen LogP contribution in [0.2, 0.25) is 0 Å². The molecule has 0 unspecified atom stereocenters. The van der Waals surface area contributed by atoms with Gasteiger partial charge in [-0.1, -0.05) is 36.4 Å². The average molecular weight is 322 g/mol. The molecule has 2 aromatic rings. The van der Waals surface area contributed by atoms with E-state index >= 15 is 0 Å². The van der Waals surface area contributed by atoms with Gasteiger partial charge in [-0.25, -0.2) is 0 Å². The highest BCUT2D eigenvalue weighted by molar-refractivity contribution is 6.06. The molecule has 0 aliphatic carbocycles. The largest absolute Gasteiger partial charge is 0.326 e. The van der Waals surface area contributed by atoms with E-state index in [1.54, 1.807) is 30.3 Å². The monoisotopic (exact) mass is 322 g/mol.